The number of carbonyl (C=O) groups is 2. The number of thioether (sulfide) groups is 1. The van der Waals surface area contributed by atoms with Gasteiger partial charge in [0.2, 0.25) is 0 Å². The zero-order valence-electron chi connectivity index (χ0n) is 15.2. The Balaban J connectivity index is 1.76. The number of imide groups is 1. The summed E-state index contributed by atoms with van der Waals surface area (Å²) in [5, 5.41) is -0.239. The number of amides is 2. The first-order chi connectivity index (χ1) is 12.2. The van der Waals surface area contributed by atoms with Crippen LogP contribution in [0.1, 0.15) is 37.5 Å². The molecule has 3 rings (SSSR count). The average molecular weight is 366 g/mol. The first-order valence-electron chi connectivity index (χ1n) is 8.44. The summed E-state index contributed by atoms with van der Waals surface area (Å²) in [6.07, 6.45) is 1.73. The second-order valence-corrected chi connectivity index (χ2v) is 8.37. The van der Waals surface area contributed by atoms with Crippen molar-refractivity contribution in [2.45, 2.75) is 32.7 Å². The van der Waals surface area contributed by atoms with E-state index < -0.39 is 0 Å². The minimum absolute atomic E-state index is 0.0721. The van der Waals surface area contributed by atoms with E-state index in [0.29, 0.717) is 10.6 Å². The van der Waals surface area contributed by atoms with E-state index in [1.54, 1.807) is 18.2 Å². The molecule has 4 nitrogen and oxygen atoms in total. The fraction of sp³-hybridized carbons (Fsp3) is 0.238. The van der Waals surface area contributed by atoms with Crippen molar-refractivity contribution in [1.29, 1.82) is 0 Å². The van der Waals surface area contributed by atoms with Crippen LogP contribution < -0.4 is 5.73 Å². The lowest BCUT2D eigenvalue weighted by molar-refractivity contribution is -0.123. The van der Waals surface area contributed by atoms with E-state index in [1.807, 2.05) is 24.3 Å². The van der Waals surface area contributed by atoms with Gasteiger partial charge in [0, 0.05) is 5.69 Å². The highest BCUT2D eigenvalue weighted by Gasteiger charge is 2.35. The molecule has 1 aliphatic heterocycles. The molecule has 0 spiro atoms. The topological polar surface area (TPSA) is 63.4 Å². The fourth-order valence-electron chi connectivity index (χ4n) is 2.67. The van der Waals surface area contributed by atoms with E-state index in [9.17, 15) is 9.59 Å². The molecule has 5 heteroatoms. The van der Waals surface area contributed by atoms with Gasteiger partial charge in [0.15, 0.2) is 0 Å². The SMILES string of the molecule is CC(C)(C)c1ccc(CN2C(=O)S/C(=C\c3ccc(N)cc3)C2=O)cc1. The van der Waals surface area contributed by atoms with E-state index in [1.165, 1.54) is 10.5 Å². The molecular weight excluding hydrogens is 344 g/mol. The lowest BCUT2D eigenvalue weighted by atomic mass is 9.87. The fourth-order valence-corrected chi connectivity index (χ4v) is 3.51. The van der Waals surface area contributed by atoms with Gasteiger partial charge in [-0.1, -0.05) is 57.2 Å². The van der Waals surface area contributed by atoms with Gasteiger partial charge in [-0.2, -0.15) is 0 Å². The van der Waals surface area contributed by atoms with Crippen molar-refractivity contribution in [3.05, 3.63) is 70.1 Å². The number of hydrogen-bond donors (Lipinski definition) is 1. The van der Waals surface area contributed by atoms with Gasteiger partial charge in [-0.05, 0) is 52.1 Å². The molecule has 0 radical (unpaired) electrons. The zero-order valence-corrected chi connectivity index (χ0v) is 16.0. The van der Waals surface area contributed by atoms with Crippen LogP contribution in [0.15, 0.2) is 53.4 Å². The number of nitrogens with two attached hydrogens (primary N) is 1. The van der Waals surface area contributed by atoms with Crippen molar-refractivity contribution in [2.75, 3.05) is 5.73 Å². The Bertz CT molecular complexity index is 862. The molecule has 2 amide bonds. The highest BCUT2D eigenvalue weighted by molar-refractivity contribution is 8.18. The molecule has 0 unspecified atom stereocenters. The summed E-state index contributed by atoms with van der Waals surface area (Å²) in [6.45, 7) is 6.75. The average Bonchev–Trinajstić information content (AvgIpc) is 2.84. The number of benzene rings is 2. The molecule has 0 aliphatic carbocycles. The molecule has 2 aromatic rings. The van der Waals surface area contributed by atoms with Crippen molar-refractivity contribution in [3.8, 4) is 0 Å². The van der Waals surface area contributed by atoms with Gasteiger partial charge in [0.25, 0.3) is 11.1 Å². The Hall–Kier alpha value is -2.53. The van der Waals surface area contributed by atoms with Crippen LogP contribution in [0.3, 0.4) is 0 Å². The van der Waals surface area contributed by atoms with Gasteiger partial charge in [-0.25, -0.2) is 0 Å². The summed E-state index contributed by atoms with van der Waals surface area (Å²) in [5.41, 5.74) is 9.41. The molecule has 1 heterocycles. The number of nitrogen functional groups attached to an aromatic ring is 1. The molecular formula is C21H22N2O2S. The summed E-state index contributed by atoms with van der Waals surface area (Å²) in [5.74, 6) is -0.253. The Morgan fingerprint density at radius 1 is 1.00 bits per heavy atom. The van der Waals surface area contributed by atoms with Gasteiger partial charge >= 0.3 is 0 Å². The standard InChI is InChI=1S/C21H22N2O2S/c1-21(2,3)16-8-4-15(5-9-16)13-23-19(24)18(26-20(23)25)12-14-6-10-17(22)11-7-14/h4-12H,13,22H2,1-3H3/b18-12-. The van der Waals surface area contributed by atoms with Crippen LogP contribution in [0.2, 0.25) is 0 Å². The smallest absolute Gasteiger partial charge is 0.293 e. The Morgan fingerprint density at radius 2 is 1.62 bits per heavy atom. The lowest BCUT2D eigenvalue weighted by Crippen LogP contribution is -2.27. The van der Waals surface area contributed by atoms with Crippen molar-refractivity contribution < 1.29 is 9.59 Å². The molecule has 1 saturated heterocycles. The summed E-state index contributed by atoms with van der Waals surface area (Å²) in [4.78, 5) is 26.6. The Kier molecular flexibility index (Phi) is 4.92. The van der Waals surface area contributed by atoms with Crippen LogP contribution in [-0.2, 0) is 16.8 Å². The Labute approximate surface area is 158 Å². The minimum Gasteiger partial charge on any atom is -0.399 e. The molecule has 0 bridgehead atoms. The maximum absolute atomic E-state index is 12.6. The molecule has 134 valence electrons. The van der Waals surface area contributed by atoms with Crippen molar-refractivity contribution in [2.24, 2.45) is 0 Å². The van der Waals surface area contributed by atoms with Gasteiger partial charge in [0.1, 0.15) is 0 Å². The van der Waals surface area contributed by atoms with Crippen LogP contribution in [0.25, 0.3) is 6.08 Å². The summed E-state index contributed by atoms with van der Waals surface area (Å²) in [7, 11) is 0. The predicted octanol–water partition coefficient (Wildman–Crippen LogP) is 4.80. The highest BCUT2D eigenvalue weighted by Crippen LogP contribution is 2.33. The lowest BCUT2D eigenvalue weighted by Gasteiger charge is -2.20. The molecule has 2 aromatic carbocycles. The van der Waals surface area contributed by atoms with Crippen molar-refractivity contribution >= 4 is 34.7 Å². The molecule has 2 N–H and O–H groups in total. The quantitative estimate of drug-likeness (QED) is 0.626. The molecule has 26 heavy (non-hydrogen) atoms. The molecule has 1 aliphatic rings. The molecule has 0 saturated carbocycles. The summed E-state index contributed by atoms with van der Waals surface area (Å²) < 4.78 is 0. The van der Waals surface area contributed by atoms with Crippen molar-refractivity contribution in [3.63, 3.8) is 0 Å². The number of carbonyl (C=O) groups excluding carboxylic acids is 2. The monoisotopic (exact) mass is 366 g/mol. The summed E-state index contributed by atoms with van der Waals surface area (Å²) in [6, 6.07) is 15.3. The van der Waals surface area contributed by atoms with Crippen LogP contribution in [0.4, 0.5) is 10.5 Å². The molecule has 0 atom stereocenters. The van der Waals surface area contributed by atoms with Gasteiger partial charge in [-0.15, -0.1) is 0 Å². The van der Waals surface area contributed by atoms with E-state index >= 15 is 0 Å². The highest BCUT2D eigenvalue weighted by atomic mass is 32.2. The van der Waals surface area contributed by atoms with Crippen LogP contribution in [0, 0.1) is 0 Å². The summed E-state index contributed by atoms with van der Waals surface area (Å²) >= 11 is 0.975. The number of rotatable bonds is 3. The third kappa shape index (κ3) is 3.99. The van der Waals surface area contributed by atoms with E-state index in [2.05, 4.69) is 32.9 Å². The van der Waals surface area contributed by atoms with Crippen LogP contribution in [0.5, 0.6) is 0 Å². The third-order valence-electron chi connectivity index (χ3n) is 4.27. The van der Waals surface area contributed by atoms with Crippen LogP contribution >= 0.6 is 11.8 Å². The zero-order chi connectivity index (χ0) is 18.9. The van der Waals surface area contributed by atoms with E-state index in [4.69, 9.17) is 5.73 Å². The van der Waals surface area contributed by atoms with Gasteiger partial charge < -0.3 is 5.73 Å². The number of hydrogen-bond acceptors (Lipinski definition) is 4. The Morgan fingerprint density at radius 3 is 2.19 bits per heavy atom. The predicted molar refractivity (Wildman–Crippen MR) is 108 cm³/mol. The minimum atomic E-state index is -0.253. The second kappa shape index (κ2) is 7.00. The first-order valence-corrected chi connectivity index (χ1v) is 9.26. The van der Waals surface area contributed by atoms with E-state index in [0.717, 1.165) is 22.9 Å². The maximum atomic E-state index is 12.6. The van der Waals surface area contributed by atoms with Gasteiger partial charge in [0.05, 0.1) is 11.4 Å². The van der Waals surface area contributed by atoms with E-state index in [-0.39, 0.29) is 23.1 Å². The first kappa shape index (κ1) is 18.3. The van der Waals surface area contributed by atoms with Crippen LogP contribution in [-0.4, -0.2) is 16.0 Å². The largest absolute Gasteiger partial charge is 0.399 e. The number of anilines is 1. The molecule has 1 fully saturated rings. The third-order valence-corrected chi connectivity index (χ3v) is 5.18. The second-order valence-electron chi connectivity index (χ2n) is 7.38. The van der Waals surface area contributed by atoms with Gasteiger partial charge in [-0.3, -0.25) is 14.5 Å². The molecule has 0 aromatic heterocycles. The number of nitrogens with zero attached hydrogens (tertiary/aromatic N) is 1. The maximum Gasteiger partial charge on any atom is 0.293 e. The van der Waals surface area contributed by atoms with Crippen molar-refractivity contribution in [1.82, 2.24) is 4.90 Å². The normalized spacial score (nSPS) is 16.6.